The normalized spacial score (nSPS) is 18.7. The van der Waals surface area contributed by atoms with Gasteiger partial charge in [-0.05, 0) is 24.8 Å². The van der Waals surface area contributed by atoms with Gasteiger partial charge in [-0.25, -0.2) is 4.98 Å². The number of carbonyl (C=O) groups excluding carboxylic acids is 1. The van der Waals surface area contributed by atoms with Crippen molar-refractivity contribution >= 4 is 17.3 Å². The lowest BCUT2D eigenvalue weighted by Crippen LogP contribution is -2.46. The third kappa shape index (κ3) is 4.49. The zero-order valence-corrected chi connectivity index (χ0v) is 18.9. The van der Waals surface area contributed by atoms with Crippen molar-refractivity contribution in [1.29, 1.82) is 0 Å². The molecular formula is C24H30N4O4. The third-order valence-corrected chi connectivity index (χ3v) is 6.20. The van der Waals surface area contributed by atoms with Crippen LogP contribution in [-0.4, -0.2) is 68.3 Å². The van der Waals surface area contributed by atoms with E-state index in [4.69, 9.17) is 14.2 Å². The van der Waals surface area contributed by atoms with Crippen LogP contribution in [0.1, 0.15) is 24.8 Å². The van der Waals surface area contributed by atoms with Gasteiger partial charge in [0.2, 0.25) is 5.91 Å². The van der Waals surface area contributed by atoms with E-state index < -0.39 is 0 Å². The fourth-order valence-electron chi connectivity index (χ4n) is 4.52. The number of piperidine rings is 1. The molecule has 1 aromatic heterocycles. The molecule has 0 N–H and O–H groups in total. The van der Waals surface area contributed by atoms with Crippen LogP contribution in [0.25, 0.3) is 5.57 Å². The van der Waals surface area contributed by atoms with Crippen LogP contribution in [0.15, 0.2) is 36.8 Å². The van der Waals surface area contributed by atoms with E-state index in [-0.39, 0.29) is 11.8 Å². The van der Waals surface area contributed by atoms with E-state index in [0.717, 1.165) is 42.8 Å². The van der Waals surface area contributed by atoms with Crippen LogP contribution in [0.4, 0.5) is 5.82 Å². The number of anilines is 1. The molecule has 0 radical (unpaired) electrons. The molecule has 8 heteroatoms. The molecule has 0 spiro atoms. The van der Waals surface area contributed by atoms with Gasteiger partial charge in [-0.1, -0.05) is 6.08 Å². The smallest absolute Gasteiger partial charge is 0.227 e. The predicted molar refractivity (Wildman–Crippen MR) is 122 cm³/mol. The second-order valence-electron chi connectivity index (χ2n) is 8.02. The first kappa shape index (κ1) is 21.9. The molecular weight excluding hydrogens is 408 g/mol. The molecule has 1 atom stereocenters. The highest BCUT2D eigenvalue weighted by Gasteiger charge is 2.31. The van der Waals surface area contributed by atoms with Gasteiger partial charge >= 0.3 is 0 Å². The quantitative estimate of drug-likeness (QED) is 0.686. The van der Waals surface area contributed by atoms with Gasteiger partial charge in [0, 0.05) is 50.7 Å². The molecule has 3 heterocycles. The molecule has 0 saturated carbocycles. The molecule has 2 aromatic rings. The number of methoxy groups -OCH3 is 3. The molecule has 2 aliphatic rings. The highest BCUT2D eigenvalue weighted by molar-refractivity contribution is 5.83. The van der Waals surface area contributed by atoms with Crippen LogP contribution in [0, 0.1) is 5.92 Å². The molecule has 1 fully saturated rings. The summed E-state index contributed by atoms with van der Waals surface area (Å²) >= 11 is 0. The standard InChI is InChI=1S/C24H30N4O4/c1-30-19-13-20(31-2)23(21(14-19)32-3)17-6-11-27(12-7-17)24(29)18-5-4-10-28(16-18)22-15-25-8-9-26-22/h6,8-9,13-15,18H,4-5,7,10-12,16H2,1-3H3/t18-/m1/s1. The zero-order chi connectivity index (χ0) is 22.5. The van der Waals surface area contributed by atoms with Gasteiger partial charge in [0.1, 0.15) is 23.1 Å². The maximum absolute atomic E-state index is 13.3. The van der Waals surface area contributed by atoms with Gasteiger partial charge in [0.15, 0.2) is 0 Å². The topological polar surface area (TPSA) is 77.0 Å². The lowest BCUT2D eigenvalue weighted by Gasteiger charge is -2.36. The Kier molecular flexibility index (Phi) is 6.78. The molecule has 4 rings (SSSR count). The van der Waals surface area contributed by atoms with Crippen LogP contribution in [-0.2, 0) is 4.79 Å². The Bertz CT molecular complexity index is 954. The Balaban J connectivity index is 1.47. The minimum absolute atomic E-state index is 0.0224. The first-order valence-electron chi connectivity index (χ1n) is 10.9. The van der Waals surface area contributed by atoms with Crippen LogP contribution in [0.2, 0.25) is 0 Å². The number of amides is 1. The van der Waals surface area contributed by atoms with Crippen molar-refractivity contribution in [3.63, 3.8) is 0 Å². The first-order chi connectivity index (χ1) is 15.6. The molecule has 0 bridgehead atoms. The van der Waals surface area contributed by atoms with E-state index in [1.807, 2.05) is 17.0 Å². The average molecular weight is 439 g/mol. The van der Waals surface area contributed by atoms with Crippen LogP contribution in [0.5, 0.6) is 17.2 Å². The average Bonchev–Trinajstić information content (AvgIpc) is 2.88. The van der Waals surface area contributed by atoms with Crippen molar-refractivity contribution < 1.29 is 19.0 Å². The summed E-state index contributed by atoms with van der Waals surface area (Å²) in [4.78, 5) is 25.9. The molecule has 2 aliphatic heterocycles. The molecule has 8 nitrogen and oxygen atoms in total. The van der Waals surface area contributed by atoms with Crippen molar-refractivity contribution in [2.45, 2.75) is 19.3 Å². The number of ether oxygens (including phenoxy) is 3. The van der Waals surface area contributed by atoms with E-state index in [2.05, 4.69) is 20.9 Å². The Hall–Kier alpha value is -3.29. The van der Waals surface area contributed by atoms with E-state index in [9.17, 15) is 4.79 Å². The molecule has 32 heavy (non-hydrogen) atoms. The summed E-state index contributed by atoms with van der Waals surface area (Å²) in [6.45, 7) is 2.84. The van der Waals surface area contributed by atoms with Gasteiger partial charge in [0.05, 0.1) is 39.0 Å². The van der Waals surface area contributed by atoms with Gasteiger partial charge < -0.3 is 24.0 Å². The molecule has 0 aliphatic carbocycles. The van der Waals surface area contributed by atoms with Crippen LogP contribution < -0.4 is 19.1 Å². The molecule has 1 aromatic carbocycles. The maximum Gasteiger partial charge on any atom is 0.227 e. The molecule has 1 amide bonds. The number of benzene rings is 1. The molecule has 1 saturated heterocycles. The minimum Gasteiger partial charge on any atom is -0.496 e. The fraction of sp³-hybridized carbons (Fsp3) is 0.458. The van der Waals surface area contributed by atoms with Gasteiger partial charge in [0.25, 0.3) is 0 Å². The van der Waals surface area contributed by atoms with E-state index >= 15 is 0 Å². The van der Waals surface area contributed by atoms with Crippen molar-refractivity contribution in [2.75, 3.05) is 52.4 Å². The summed E-state index contributed by atoms with van der Waals surface area (Å²) in [5.74, 6) is 3.12. The van der Waals surface area contributed by atoms with Crippen molar-refractivity contribution in [1.82, 2.24) is 14.9 Å². The van der Waals surface area contributed by atoms with Crippen molar-refractivity contribution in [2.24, 2.45) is 5.92 Å². The van der Waals surface area contributed by atoms with Crippen LogP contribution in [0.3, 0.4) is 0 Å². The summed E-state index contributed by atoms with van der Waals surface area (Å²) in [7, 11) is 4.90. The number of rotatable bonds is 6. The SMILES string of the molecule is COc1cc(OC)c(C2=CCN(C(=O)[C@@H]3CCCN(c4cnccn4)C3)CC2)c(OC)c1. The second kappa shape index (κ2) is 9.89. The summed E-state index contributed by atoms with van der Waals surface area (Å²) in [6.07, 6.45) is 9.85. The lowest BCUT2D eigenvalue weighted by molar-refractivity contribution is -0.135. The Morgan fingerprint density at radius 2 is 1.84 bits per heavy atom. The Morgan fingerprint density at radius 3 is 2.44 bits per heavy atom. The van der Waals surface area contributed by atoms with Crippen molar-refractivity contribution in [3.8, 4) is 17.2 Å². The number of hydrogen-bond donors (Lipinski definition) is 0. The highest BCUT2D eigenvalue weighted by atomic mass is 16.5. The number of aromatic nitrogens is 2. The molecule has 0 unspecified atom stereocenters. The second-order valence-corrected chi connectivity index (χ2v) is 8.02. The lowest BCUT2D eigenvalue weighted by atomic mass is 9.93. The third-order valence-electron chi connectivity index (χ3n) is 6.20. The number of hydrogen-bond acceptors (Lipinski definition) is 7. The fourth-order valence-corrected chi connectivity index (χ4v) is 4.52. The van der Waals surface area contributed by atoms with E-state index in [0.29, 0.717) is 36.9 Å². The Labute approximate surface area is 188 Å². The Morgan fingerprint density at radius 1 is 1.06 bits per heavy atom. The van der Waals surface area contributed by atoms with Gasteiger partial charge in [-0.2, -0.15) is 0 Å². The minimum atomic E-state index is -0.0224. The van der Waals surface area contributed by atoms with Crippen molar-refractivity contribution in [3.05, 3.63) is 42.4 Å². The highest BCUT2D eigenvalue weighted by Crippen LogP contribution is 2.41. The number of nitrogens with zero attached hydrogens (tertiary/aromatic N) is 4. The first-order valence-corrected chi connectivity index (χ1v) is 10.9. The largest absolute Gasteiger partial charge is 0.496 e. The monoisotopic (exact) mass is 438 g/mol. The van der Waals surface area contributed by atoms with Gasteiger partial charge in [-0.15, -0.1) is 0 Å². The van der Waals surface area contributed by atoms with Gasteiger partial charge in [-0.3, -0.25) is 9.78 Å². The maximum atomic E-state index is 13.3. The van der Waals surface area contributed by atoms with E-state index in [1.165, 1.54) is 0 Å². The zero-order valence-electron chi connectivity index (χ0n) is 18.9. The van der Waals surface area contributed by atoms with Crippen LogP contribution >= 0.6 is 0 Å². The molecule has 170 valence electrons. The summed E-state index contributed by atoms with van der Waals surface area (Å²) < 4.78 is 16.6. The summed E-state index contributed by atoms with van der Waals surface area (Å²) in [5, 5.41) is 0. The summed E-state index contributed by atoms with van der Waals surface area (Å²) in [5.41, 5.74) is 2.05. The number of carbonyl (C=O) groups is 1. The summed E-state index contributed by atoms with van der Waals surface area (Å²) in [6, 6.07) is 3.72. The predicted octanol–water partition coefficient (Wildman–Crippen LogP) is 3.03. The van der Waals surface area contributed by atoms with E-state index in [1.54, 1.807) is 39.9 Å².